The van der Waals surface area contributed by atoms with Crippen molar-refractivity contribution >= 4 is 15.9 Å². The van der Waals surface area contributed by atoms with Crippen LogP contribution in [0.2, 0.25) is 0 Å². The highest BCUT2D eigenvalue weighted by molar-refractivity contribution is 9.09. The summed E-state index contributed by atoms with van der Waals surface area (Å²) in [5.74, 6) is -3.00. The molecule has 1 heterocycles. The average molecular weight is 553 g/mol. The van der Waals surface area contributed by atoms with Gasteiger partial charge in [0, 0.05) is 5.56 Å². The van der Waals surface area contributed by atoms with E-state index in [2.05, 4.69) is 6.92 Å². The molecule has 35 heavy (non-hydrogen) atoms. The zero-order chi connectivity index (χ0) is 25.2. The van der Waals surface area contributed by atoms with Gasteiger partial charge in [-0.25, -0.2) is 13.2 Å². The van der Waals surface area contributed by atoms with Crippen LogP contribution in [0.5, 0.6) is 0 Å². The fourth-order valence-electron chi connectivity index (χ4n) is 4.61. The van der Waals surface area contributed by atoms with E-state index in [1.165, 1.54) is 31.4 Å². The van der Waals surface area contributed by atoms with E-state index in [9.17, 15) is 22.0 Å². The van der Waals surface area contributed by atoms with Crippen molar-refractivity contribution in [3.63, 3.8) is 0 Å². The summed E-state index contributed by atoms with van der Waals surface area (Å²) in [7, 11) is 0. The van der Waals surface area contributed by atoms with Crippen LogP contribution in [0.25, 0.3) is 22.3 Å². The van der Waals surface area contributed by atoms with Crippen molar-refractivity contribution in [2.75, 3.05) is 6.61 Å². The third-order valence-corrected chi connectivity index (χ3v) is 6.95. The van der Waals surface area contributed by atoms with E-state index in [0.29, 0.717) is 23.6 Å². The molecule has 3 aromatic rings. The average Bonchev–Trinajstić information content (AvgIpc) is 2.82. The van der Waals surface area contributed by atoms with Crippen LogP contribution in [-0.4, -0.2) is 6.61 Å². The Morgan fingerprint density at radius 2 is 1.49 bits per heavy atom. The predicted molar refractivity (Wildman–Crippen MR) is 131 cm³/mol. The van der Waals surface area contributed by atoms with Gasteiger partial charge in [0.25, 0.3) is 0 Å². The normalized spacial score (nSPS) is 18.6. The Kier molecular flexibility index (Phi) is 7.96. The molecule has 1 fully saturated rings. The maximum atomic E-state index is 14.9. The second-order valence-electron chi connectivity index (χ2n) is 9.04. The minimum Gasteiger partial charge on any atom is -0.373 e. The number of unbranched alkanes of at least 4 members (excludes halogenated alkanes) is 1. The van der Waals surface area contributed by atoms with E-state index in [-0.39, 0.29) is 17.2 Å². The SMILES string of the molecule is CCCCC1CCC(c2ccc(-c3ccc(-c4cc(F)c(C(F)(F)Br)c(F)c4)c(F)c3)cc2)OC1. The highest BCUT2D eigenvalue weighted by Gasteiger charge is 2.35. The lowest BCUT2D eigenvalue weighted by Gasteiger charge is -2.29. The number of rotatable bonds is 7. The summed E-state index contributed by atoms with van der Waals surface area (Å²) in [6, 6.07) is 13.4. The lowest BCUT2D eigenvalue weighted by molar-refractivity contribution is -0.0197. The molecule has 1 nitrogen and oxygen atoms in total. The molecule has 7 heteroatoms. The molecule has 1 saturated heterocycles. The van der Waals surface area contributed by atoms with Gasteiger partial charge in [0.1, 0.15) is 23.0 Å². The summed E-state index contributed by atoms with van der Waals surface area (Å²) >= 11 is 1.97. The Morgan fingerprint density at radius 3 is 2.03 bits per heavy atom. The van der Waals surface area contributed by atoms with Crippen molar-refractivity contribution in [1.29, 1.82) is 0 Å². The number of ether oxygens (including phenoxy) is 1. The van der Waals surface area contributed by atoms with E-state index in [4.69, 9.17) is 4.74 Å². The molecule has 4 rings (SSSR count). The number of benzene rings is 3. The van der Waals surface area contributed by atoms with Crippen LogP contribution in [0.15, 0.2) is 54.6 Å². The summed E-state index contributed by atoms with van der Waals surface area (Å²) in [6.07, 6.45) is 5.80. The van der Waals surface area contributed by atoms with Crippen molar-refractivity contribution in [1.82, 2.24) is 0 Å². The van der Waals surface area contributed by atoms with E-state index >= 15 is 0 Å². The molecule has 0 radical (unpaired) electrons. The maximum Gasteiger partial charge on any atom is 0.332 e. The third kappa shape index (κ3) is 5.95. The lowest BCUT2D eigenvalue weighted by atomic mass is 9.90. The summed E-state index contributed by atoms with van der Waals surface area (Å²) in [5, 5.41) is 0. The van der Waals surface area contributed by atoms with Gasteiger partial charge in [-0.15, -0.1) is 0 Å². The first-order chi connectivity index (χ1) is 16.7. The van der Waals surface area contributed by atoms with Crippen LogP contribution in [-0.2, 0) is 9.57 Å². The topological polar surface area (TPSA) is 9.23 Å². The second kappa shape index (κ2) is 10.8. The van der Waals surface area contributed by atoms with Gasteiger partial charge < -0.3 is 4.74 Å². The Labute approximate surface area is 210 Å². The van der Waals surface area contributed by atoms with Crippen LogP contribution >= 0.6 is 15.9 Å². The molecule has 0 saturated carbocycles. The molecule has 186 valence electrons. The minimum atomic E-state index is -3.87. The van der Waals surface area contributed by atoms with Crippen LogP contribution in [0, 0.1) is 23.4 Å². The van der Waals surface area contributed by atoms with Crippen LogP contribution in [0.1, 0.15) is 56.3 Å². The minimum absolute atomic E-state index is 0.0562. The molecule has 2 atom stereocenters. The first-order valence-corrected chi connectivity index (χ1v) is 12.5. The largest absolute Gasteiger partial charge is 0.373 e. The molecule has 0 spiro atoms. The monoisotopic (exact) mass is 552 g/mol. The molecule has 2 unspecified atom stereocenters. The highest BCUT2D eigenvalue weighted by Crippen LogP contribution is 2.40. The highest BCUT2D eigenvalue weighted by atomic mass is 79.9. The Morgan fingerprint density at radius 1 is 0.857 bits per heavy atom. The Balaban J connectivity index is 1.49. The number of halogens is 6. The van der Waals surface area contributed by atoms with Crippen molar-refractivity contribution in [3.05, 3.63) is 83.2 Å². The number of hydrogen-bond donors (Lipinski definition) is 0. The van der Waals surface area contributed by atoms with Gasteiger partial charge in [-0.3, -0.25) is 0 Å². The smallest absolute Gasteiger partial charge is 0.332 e. The number of alkyl halides is 3. The van der Waals surface area contributed by atoms with E-state index < -0.39 is 27.8 Å². The number of hydrogen-bond acceptors (Lipinski definition) is 1. The van der Waals surface area contributed by atoms with Gasteiger partial charge in [0.2, 0.25) is 0 Å². The second-order valence-corrected chi connectivity index (χ2v) is 10.0. The van der Waals surface area contributed by atoms with Gasteiger partial charge in [0.15, 0.2) is 0 Å². The van der Waals surface area contributed by atoms with Crippen molar-refractivity contribution in [2.45, 2.75) is 50.0 Å². The van der Waals surface area contributed by atoms with Gasteiger partial charge in [-0.1, -0.05) is 56.2 Å². The zero-order valence-corrected chi connectivity index (χ0v) is 20.9. The standard InChI is InChI=1S/C28H26BrF5O/c1-2-3-4-17-5-12-26(35-16-17)19-8-6-18(7-9-19)20-10-11-22(23(30)13-20)21-14-24(31)27(25(32)15-21)28(29,33)34/h6-11,13-15,17,26H,2-5,12,16H2,1H3. The summed E-state index contributed by atoms with van der Waals surface area (Å²) in [4.78, 5) is -3.87. The lowest BCUT2D eigenvalue weighted by Crippen LogP contribution is -2.20. The predicted octanol–water partition coefficient (Wildman–Crippen LogP) is 9.54. The molecular formula is C28H26BrF5O. The summed E-state index contributed by atoms with van der Waals surface area (Å²) in [5.41, 5.74) is 0.799. The molecule has 3 aromatic carbocycles. The molecule has 0 N–H and O–H groups in total. The van der Waals surface area contributed by atoms with E-state index in [1.807, 2.05) is 40.2 Å². The molecular weight excluding hydrogens is 527 g/mol. The third-order valence-electron chi connectivity index (χ3n) is 6.56. The van der Waals surface area contributed by atoms with Gasteiger partial charge >= 0.3 is 4.83 Å². The summed E-state index contributed by atoms with van der Waals surface area (Å²) < 4.78 is 76.1. The quantitative estimate of drug-likeness (QED) is 0.209. The van der Waals surface area contributed by atoms with Crippen LogP contribution in [0.3, 0.4) is 0 Å². The fraction of sp³-hybridized carbons (Fsp3) is 0.357. The van der Waals surface area contributed by atoms with Crippen LogP contribution < -0.4 is 0 Å². The summed E-state index contributed by atoms with van der Waals surface area (Å²) in [6.45, 7) is 2.97. The van der Waals surface area contributed by atoms with Gasteiger partial charge in [-0.05, 0) is 81.6 Å². The van der Waals surface area contributed by atoms with E-state index in [0.717, 1.165) is 30.6 Å². The van der Waals surface area contributed by atoms with E-state index in [1.54, 1.807) is 6.07 Å². The maximum absolute atomic E-state index is 14.9. The van der Waals surface area contributed by atoms with Gasteiger partial charge in [-0.2, -0.15) is 8.78 Å². The molecule has 0 bridgehead atoms. The fourth-order valence-corrected chi connectivity index (χ4v) is 4.99. The van der Waals surface area contributed by atoms with Crippen molar-refractivity contribution in [3.8, 4) is 22.3 Å². The molecule has 0 aromatic heterocycles. The van der Waals surface area contributed by atoms with Crippen molar-refractivity contribution < 1.29 is 26.7 Å². The first-order valence-electron chi connectivity index (χ1n) is 11.8. The first kappa shape index (κ1) is 25.8. The molecule has 1 aliphatic rings. The van der Waals surface area contributed by atoms with Crippen LogP contribution in [0.4, 0.5) is 22.0 Å². The van der Waals surface area contributed by atoms with Gasteiger partial charge in [0.05, 0.1) is 12.7 Å². The molecule has 1 aliphatic heterocycles. The molecule has 0 amide bonds. The zero-order valence-electron chi connectivity index (χ0n) is 19.3. The Hall–Kier alpha value is -2.25. The van der Waals surface area contributed by atoms with Crippen molar-refractivity contribution in [2.24, 2.45) is 5.92 Å². The molecule has 0 aliphatic carbocycles. The Bertz CT molecular complexity index is 1140.